The van der Waals surface area contributed by atoms with E-state index >= 15 is 0 Å². The quantitative estimate of drug-likeness (QED) is 0.458. The summed E-state index contributed by atoms with van der Waals surface area (Å²) in [6.45, 7) is 3.35. The summed E-state index contributed by atoms with van der Waals surface area (Å²) in [5.74, 6) is 1.49. The molecule has 1 aliphatic rings. The van der Waals surface area contributed by atoms with Gasteiger partial charge in [-0.15, -0.1) is 11.3 Å². The van der Waals surface area contributed by atoms with Gasteiger partial charge in [-0.1, -0.05) is 17.4 Å². The minimum absolute atomic E-state index is 0.0852. The highest BCUT2D eigenvalue weighted by atomic mass is 32.1. The number of nitrogens with zero attached hydrogens (tertiary/aromatic N) is 4. The van der Waals surface area contributed by atoms with Gasteiger partial charge in [0.2, 0.25) is 4.96 Å². The number of aryl methyl sites for hydroxylation is 1. The zero-order valence-corrected chi connectivity index (χ0v) is 19.1. The first kappa shape index (κ1) is 20.2. The molecule has 1 atom stereocenters. The molecule has 160 valence electrons. The Labute approximate surface area is 187 Å². The molecular weight excluding hydrogens is 432 g/mol. The molecule has 7 nitrogen and oxygen atoms in total. The molecule has 1 aromatic carbocycles. The number of thiophene rings is 1. The maximum absolute atomic E-state index is 12.3. The van der Waals surface area contributed by atoms with E-state index in [4.69, 9.17) is 9.47 Å². The van der Waals surface area contributed by atoms with E-state index in [1.165, 1.54) is 37.9 Å². The number of rotatable bonds is 5. The van der Waals surface area contributed by atoms with Crippen molar-refractivity contribution in [2.75, 3.05) is 20.8 Å². The van der Waals surface area contributed by atoms with Gasteiger partial charge in [-0.25, -0.2) is 4.98 Å². The smallest absolute Gasteiger partial charge is 0.275 e. The van der Waals surface area contributed by atoms with Gasteiger partial charge in [-0.3, -0.25) is 9.69 Å². The van der Waals surface area contributed by atoms with Crippen LogP contribution in [0.15, 0.2) is 40.5 Å². The molecular formula is C22H22N4O3S2. The van der Waals surface area contributed by atoms with Crippen LogP contribution in [0.25, 0.3) is 4.96 Å². The van der Waals surface area contributed by atoms with E-state index in [0.717, 1.165) is 29.5 Å². The molecule has 0 spiro atoms. The van der Waals surface area contributed by atoms with E-state index in [9.17, 15) is 4.79 Å². The fraction of sp³-hybridized carbons (Fsp3) is 0.318. The lowest BCUT2D eigenvalue weighted by molar-refractivity contribution is 0.205. The molecule has 0 saturated heterocycles. The van der Waals surface area contributed by atoms with Gasteiger partial charge in [-0.2, -0.15) is 9.61 Å². The first-order chi connectivity index (χ1) is 15.1. The first-order valence-electron chi connectivity index (χ1n) is 9.96. The Morgan fingerprint density at radius 1 is 1.19 bits per heavy atom. The standard InChI is InChI=1S/C22H22N4O3S2/c1-13-9-20(27)26-22(23-13)31-19(24-26)12-25-7-6-14-10-16(28-2)17(29-3)11-15(14)21(25)18-5-4-8-30-18/h4-5,8-11,21H,6-7,12H2,1-3H3/t21-/m0/s1. The van der Waals surface area contributed by atoms with Crippen LogP contribution in [-0.2, 0) is 13.0 Å². The van der Waals surface area contributed by atoms with Crippen LogP contribution >= 0.6 is 22.7 Å². The lowest BCUT2D eigenvalue weighted by Crippen LogP contribution is -2.35. The van der Waals surface area contributed by atoms with E-state index < -0.39 is 0 Å². The summed E-state index contributed by atoms with van der Waals surface area (Å²) in [4.78, 5) is 21.1. The van der Waals surface area contributed by atoms with E-state index in [2.05, 4.69) is 44.6 Å². The monoisotopic (exact) mass is 454 g/mol. The summed E-state index contributed by atoms with van der Waals surface area (Å²) in [6, 6.07) is 10.0. The van der Waals surface area contributed by atoms with Crippen molar-refractivity contribution < 1.29 is 9.47 Å². The number of fused-ring (bicyclic) bond motifs is 2. The molecule has 31 heavy (non-hydrogen) atoms. The van der Waals surface area contributed by atoms with E-state index in [-0.39, 0.29) is 11.6 Å². The van der Waals surface area contributed by atoms with Gasteiger partial charge < -0.3 is 9.47 Å². The molecule has 4 aromatic rings. The third-order valence-corrected chi connectivity index (χ3v) is 7.36. The summed E-state index contributed by atoms with van der Waals surface area (Å²) in [6.07, 6.45) is 0.903. The SMILES string of the molecule is COc1cc2c(cc1OC)[C@@H](c1cccs1)N(Cc1nn3c(=O)cc(C)nc3s1)CC2. The number of hydrogen-bond donors (Lipinski definition) is 0. The third kappa shape index (κ3) is 3.62. The average Bonchev–Trinajstić information content (AvgIpc) is 3.42. The molecule has 0 radical (unpaired) electrons. The second-order valence-corrected chi connectivity index (χ2v) is 9.49. The second-order valence-electron chi connectivity index (χ2n) is 7.47. The zero-order valence-electron chi connectivity index (χ0n) is 17.5. The normalized spacial score (nSPS) is 16.4. The van der Waals surface area contributed by atoms with Crippen LogP contribution in [0, 0.1) is 6.92 Å². The van der Waals surface area contributed by atoms with E-state index in [0.29, 0.717) is 17.2 Å². The van der Waals surface area contributed by atoms with Gasteiger partial charge >= 0.3 is 0 Å². The number of aromatic nitrogens is 3. The Balaban J connectivity index is 1.56. The highest BCUT2D eigenvalue weighted by Gasteiger charge is 2.31. The number of ether oxygens (including phenoxy) is 2. The maximum Gasteiger partial charge on any atom is 0.275 e. The van der Waals surface area contributed by atoms with Gasteiger partial charge in [0.25, 0.3) is 5.56 Å². The summed E-state index contributed by atoms with van der Waals surface area (Å²) >= 11 is 3.21. The molecule has 0 bridgehead atoms. The van der Waals surface area contributed by atoms with Crippen LogP contribution in [0.4, 0.5) is 0 Å². The fourth-order valence-electron chi connectivity index (χ4n) is 4.15. The van der Waals surface area contributed by atoms with Crippen LogP contribution in [0.1, 0.15) is 32.7 Å². The average molecular weight is 455 g/mol. The predicted octanol–water partition coefficient (Wildman–Crippen LogP) is 3.69. The highest BCUT2D eigenvalue weighted by molar-refractivity contribution is 7.16. The Kier molecular flexibility index (Phi) is 5.25. The lowest BCUT2D eigenvalue weighted by atomic mass is 9.91. The Morgan fingerprint density at radius 2 is 2.00 bits per heavy atom. The van der Waals surface area contributed by atoms with Crippen molar-refractivity contribution in [3.05, 3.63) is 72.8 Å². The van der Waals surface area contributed by atoms with Gasteiger partial charge in [0.1, 0.15) is 5.01 Å². The maximum atomic E-state index is 12.3. The molecule has 1 aliphatic heterocycles. The topological polar surface area (TPSA) is 69.0 Å². The molecule has 4 heterocycles. The van der Waals surface area contributed by atoms with Crippen molar-refractivity contribution in [3.63, 3.8) is 0 Å². The first-order valence-corrected chi connectivity index (χ1v) is 11.7. The molecule has 0 amide bonds. The molecule has 0 aliphatic carbocycles. The third-order valence-electron chi connectivity index (χ3n) is 5.54. The second kappa shape index (κ2) is 8.07. The summed E-state index contributed by atoms with van der Waals surface area (Å²) < 4.78 is 12.5. The van der Waals surface area contributed by atoms with E-state index in [1.54, 1.807) is 25.6 Å². The Morgan fingerprint density at radius 3 is 2.74 bits per heavy atom. The van der Waals surface area contributed by atoms with Crippen molar-refractivity contribution in [2.45, 2.75) is 25.9 Å². The molecule has 9 heteroatoms. The zero-order chi connectivity index (χ0) is 21.5. The van der Waals surface area contributed by atoms with Crippen LogP contribution in [0.2, 0.25) is 0 Å². The number of methoxy groups -OCH3 is 2. The molecule has 5 rings (SSSR count). The summed E-state index contributed by atoms with van der Waals surface area (Å²) in [5, 5.41) is 7.54. The van der Waals surface area contributed by atoms with Crippen LogP contribution < -0.4 is 15.0 Å². The number of hydrogen-bond acceptors (Lipinski definition) is 8. The van der Waals surface area contributed by atoms with Crippen molar-refractivity contribution >= 4 is 27.6 Å². The van der Waals surface area contributed by atoms with Crippen LogP contribution in [0.3, 0.4) is 0 Å². The molecule has 3 aromatic heterocycles. The van der Waals surface area contributed by atoms with Crippen molar-refractivity contribution in [3.8, 4) is 11.5 Å². The number of benzene rings is 1. The Bertz CT molecular complexity index is 1300. The van der Waals surface area contributed by atoms with Crippen molar-refractivity contribution in [1.82, 2.24) is 19.5 Å². The predicted molar refractivity (Wildman–Crippen MR) is 122 cm³/mol. The summed E-state index contributed by atoms with van der Waals surface area (Å²) in [5.41, 5.74) is 3.06. The van der Waals surface area contributed by atoms with E-state index in [1.807, 2.05) is 6.92 Å². The van der Waals surface area contributed by atoms with Gasteiger partial charge in [0.15, 0.2) is 11.5 Å². The molecule has 0 fully saturated rings. The van der Waals surface area contributed by atoms with Crippen molar-refractivity contribution in [1.29, 1.82) is 0 Å². The highest BCUT2D eigenvalue weighted by Crippen LogP contribution is 2.42. The minimum Gasteiger partial charge on any atom is -0.493 e. The molecule has 0 unspecified atom stereocenters. The minimum atomic E-state index is -0.138. The summed E-state index contributed by atoms with van der Waals surface area (Å²) in [7, 11) is 3.33. The van der Waals surface area contributed by atoms with Gasteiger partial charge in [0.05, 0.1) is 26.8 Å². The molecule has 0 saturated carbocycles. The largest absolute Gasteiger partial charge is 0.493 e. The van der Waals surface area contributed by atoms with Crippen LogP contribution in [-0.4, -0.2) is 40.3 Å². The fourth-order valence-corrected chi connectivity index (χ4v) is 5.99. The Hall–Kier alpha value is -2.75. The van der Waals surface area contributed by atoms with Crippen molar-refractivity contribution in [2.24, 2.45) is 0 Å². The van der Waals surface area contributed by atoms with Gasteiger partial charge in [0, 0.05) is 23.2 Å². The molecule has 0 N–H and O–H groups in total. The van der Waals surface area contributed by atoms with Crippen LogP contribution in [0.5, 0.6) is 11.5 Å². The van der Waals surface area contributed by atoms with Gasteiger partial charge in [-0.05, 0) is 48.1 Å². The lowest BCUT2D eigenvalue weighted by Gasteiger charge is -2.36.